The summed E-state index contributed by atoms with van der Waals surface area (Å²) in [6, 6.07) is 4.44. The van der Waals surface area contributed by atoms with Crippen molar-refractivity contribution in [3.8, 4) is 5.75 Å². The van der Waals surface area contributed by atoms with Crippen molar-refractivity contribution in [2.24, 2.45) is 0 Å². The van der Waals surface area contributed by atoms with Crippen LogP contribution in [0.3, 0.4) is 0 Å². The molecule has 0 aromatic heterocycles. The van der Waals surface area contributed by atoms with E-state index in [0.29, 0.717) is 12.3 Å². The molecule has 0 aliphatic carbocycles. The molecule has 0 bridgehead atoms. The van der Waals surface area contributed by atoms with E-state index in [1.165, 1.54) is 12.1 Å². The highest BCUT2D eigenvalue weighted by Gasteiger charge is 2.31. The van der Waals surface area contributed by atoms with Gasteiger partial charge in [0, 0.05) is 18.8 Å². The van der Waals surface area contributed by atoms with Gasteiger partial charge >= 0.3 is 6.36 Å². The summed E-state index contributed by atoms with van der Waals surface area (Å²) in [7, 11) is 1.60. The first-order chi connectivity index (χ1) is 8.85. The zero-order valence-corrected chi connectivity index (χ0v) is 12.1. The molecular weight excluding hydrogens is 327 g/mol. The van der Waals surface area contributed by atoms with Crippen molar-refractivity contribution in [3.63, 3.8) is 0 Å². The second kappa shape index (κ2) is 7.00. The van der Waals surface area contributed by atoms with Gasteiger partial charge in [0.15, 0.2) is 0 Å². The zero-order chi connectivity index (χ0) is 14.5. The number of rotatable bonds is 6. The Hall–Kier alpha value is -0.950. The van der Waals surface area contributed by atoms with E-state index in [1.807, 2.05) is 6.92 Å². The maximum absolute atomic E-state index is 12.1. The normalized spacial score (nSPS) is 13.2. The van der Waals surface area contributed by atoms with Gasteiger partial charge in [-0.1, -0.05) is 6.92 Å². The van der Waals surface area contributed by atoms with Crippen molar-refractivity contribution < 1.29 is 22.6 Å². The third kappa shape index (κ3) is 5.69. The molecule has 0 saturated heterocycles. The number of halogens is 4. The molecule has 0 aliphatic heterocycles. The number of ether oxygens (including phenoxy) is 2. The number of alkyl halides is 3. The molecule has 0 saturated carbocycles. The van der Waals surface area contributed by atoms with Gasteiger partial charge < -0.3 is 14.8 Å². The van der Waals surface area contributed by atoms with E-state index in [2.05, 4.69) is 26.0 Å². The average Bonchev–Trinajstić information content (AvgIpc) is 2.30. The first kappa shape index (κ1) is 16.1. The van der Waals surface area contributed by atoms with Crippen LogP contribution in [0.25, 0.3) is 0 Å². The minimum Gasteiger partial charge on any atom is -0.405 e. The van der Waals surface area contributed by atoms with Crippen LogP contribution < -0.4 is 10.1 Å². The summed E-state index contributed by atoms with van der Waals surface area (Å²) in [5.74, 6) is -0.266. The second-order valence-electron chi connectivity index (χ2n) is 3.90. The van der Waals surface area contributed by atoms with Crippen LogP contribution in [0, 0.1) is 0 Å². The minimum absolute atomic E-state index is 0.103. The number of nitrogens with one attached hydrogen (secondary N) is 1. The predicted octanol–water partition coefficient (Wildman–Crippen LogP) is 4.18. The van der Waals surface area contributed by atoms with E-state index in [1.54, 1.807) is 13.2 Å². The monoisotopic (exact) mass is 341 g/mol. The molecule has 0 amide bonds. The van der Waals surface area contributed by atoms with E-state index in [9.17, 15) is 13.2 Å². The van der Waals surface area contributed by atoms with Crippen LogP contribution >= 0.6 is 15.9 Å². The van der Waals surface area contributed by atoms with Crippen LogP contribution in [-0.4, -0.2) is 26.1 Å². The lowest BCUT2D eigenvalue weighted by Gasteiger charge is -2.18. The Kier molecular flexibility index (Phi) is 5.93. The molecule has 0 heterocycles. The molecule has 108 valence electrons. The van der Waals surface area contributed by atoms with Gasteiger partial charge in [0.25, 0.3) is 0 Å². The summed E-state index contributed by atoms with van der Waals surface area (Å²) in [4.78, 5) is 0. The van der Waals surface area contributed by atoms with Crippen LogP contribution in [0.5, 0.6) is 5.75 Å². The SMILES string of the molecule is CCC(COC)Nc1ccc(OC(F)(F)F)c(Br)c1. The summed E-state index contributed by atoms with van der Waals surface area (Å²) >= 11 is 3.05. The van der Waals surface area contributed by atoms with Crippen LogP contribution in [-0.2, 0) is 4.74 Å². The molecule has 0 spiro atoms. The zero-order valence-electron chi connectivity index (χ0n) is 10.6. The Morgan fingerprint density at radius 3 is 2.53 bits per heavy atom. The molecular formula is C12H15BrF3NO2. The maximum atomic E-state index is 12.1. The largest absolute Gasteiger partial charge is 0.573 e. The van der Waals surface area contributed by atoms with Gasteiger partial charge in [-0.2, -0.15) is 0 Å². The number of anilines is 1. The van der Waals surface area contributed by atoms with Crippen molar-refractivity contribution in [1.82, 2.24) is 0 Å². The van der Waals surface area contributed by atoms with Gasteiger partial charge in [0.2, 0.25) is 0 Å². The van der Waals surface area contributed by atoms with E-state index in [0.717, 1.165) is 6.42 Å². The number of hydrogen-bond donors (Lipinski definition) is 1. The van der Waals surface area contributed by atoms with Crippen molar-refractivity contribution >= 4 is 21.6 Å². The molecule has 3 nitrogen and oxygen atoms in total. The lowest BCUT2D eigenvalue weighted by atomic mass is 10.2. The first-order valence-electron chi connectivity index (χ1n) is 5.66. The fourth-order valence-corrected chi connectivity index (χ4v) is 1.96. The van der Waals surface area contributed by atoms with Crippen molar-refractivity contribution in [2.75, 3.05) is 19.0 Å². The highest BCUT2D eigenvalue weighted by molar-refractivity contribution is 9.10. The number of benzene rings is 1. The average molecular weight is 342 g/mol. The van der Waals surface area contributed by atoms with E-state index >= 15 is 0 Å². The van der Waals surface area contributed by atoms with Crippen molar-refractivity contribution in [2.45, 2.75) is 25.7 Å². The molecule has 19 heavy (non-hydrogen) atoms. The predicted molar refractivity (Wildman–Crippen MR) is 70.4 cm³/mol. The maximum Gasteiger partial charge on any atom is 0.573 e. The molecule has 0 fully saturated rings. The second-order valence-corrected chi connectivity index (χ2v) is 4.75. The van der Waals surface area contributed by atoms with E-state index in [4.69, 9.17) is 4.74 Å². The Labute approximate surface area is 118 Å². The Bertz CT molecular complexity index is 412. The lowest BCUT2D eigenvalue weighted by molar-refractivity contribution is -0.274. The lowest BCUT2D eigenvalue weighted by Crippen LogP contribution is -2.23. The molecule has 0 aliphatic rings. The molecule has 0 radical (unpaired) electrons. The number of hydrogen-bond acceptors (Lipinski definition) is 3. The van der Waals surface area contributed by atoms with Crippen molar-refractivity contribution in [1.29, 1.82) is 0 Å². The molecule has 1 aromatic rings. The van der Waals surface area contributed by atoms with Crippen LogP contribution in [0.1, 0.15) is 13.3 Å². The minimum atomic E-state index is -4.69. The van der Waals surface area contributed by atoms with Gasteiger partial charge in [0.05, 0.1) is 11.1 Å². The Balaban J connectivity index is 2.76. The standard InChI is InChI=1S/C12H15BrF3NO2/c1-3-8(7-18-2)17-9-4-5-11(10(13)6-9)19-12(14,15)16/h4-6,8,17H,3,7H2,1-2H3. The molecule has 1 aromatic carbocycles. The highest BCUT2D eigenvalue weighted by atomic mass is 79.9. The van der Waals surface area contributed by atoms with Gasteiger partial charge in [-0.15, -0.1) is 13.2 Å². The fourth-order valence-electron chi connectivity index (χ4n) is 1.50. The summed E-state index contributed by atoms with van der Waals surface area (Å²) < 4.78 is 45.5. The molecule has 1 atom stereocenters. The summed E-state index contributed by atoms with van der Waals surface area (Å²) in [5, 5.41) is 3.17. The Morgan fingerprint density at radius 2 is 2.05 bits per heavy atom. The smallest absolute Gasteiger partial charge is 0.405 e. The third-order valence-electron chi connectivity index (χ3n) is 2.39. The molecule has 1 N–H and O–H groups in total. The van der Waals surface area contributed by atoms with Gasteiger partial charge in [-0.3, -0.25) is 0 Å². The van der Waals surface area contributed by atoms with Crippen molar-refractivity contribution in [3.05, 3.63) is 22.7 Å². The summed E-state index contributed by atoms with van der Waals surface area (Å²) in [5.41, 5.74) is 0.699. The fraction of sp³-hybridized carbons (Fsp3) is 0.500. The van der Waals surface area contributed by atoms with Crippen LogP contribution in [0.15, 0.2) is 22.7 Å². The Morgan fingerprint density at radius 1 is 1.37 bits per heavy atom. The molecule has 1 rings (SSSR count). The summed E-state index contributed by atoms with van der Waals surface area (Å²) in [6.07, 6.45) is -3.86. The topological polar surface area (TPSA) is 30.5 Å². The van der Waals surface area contributed by atoms with E-state index < -0.39 is 6.36 Å². The number of methoxy groups -OCH3 is 1. The van der Waals surface area contributed by atoms with Gasteiger partial charge in [0.1, 0.15) is 5.75 Å². The first-order valence-corrected chi connectivity index (χ1v) is 6.45. The third-order valence-corrected chi connectivity index (χ3v) is 3.01. The molecule has 7 heteroatoms. The highest BCUT2D eigenvalue weighted by Crippen LogP contribution is 2.32. The molecule has 1 unspecified atom stereocenters. The van der Waals surface area contributed by atoms with Gasteiger partial charge in [-0.05, 0) is 40.5 Å². The summed E-state index contributed by atoms with van der Waals surface area (Å²) in [6.45, 7) is 2.52. The quantitative estimate of drug-likeness (QED) is 0.841. The van der Waals surface area contributed by atoms with E-state index in [-0.39, 0.29) is 16.3 Å². The van der Waals surface area contributed by atoms with Crippen LogP contribution in [0.4, 0.5) is 18.9 Å². The van der Waals surface area contributed by atoms with Crippen LogP contribution in [0.2, 0.25) is 0 Å². The van der Waals surface area contributed by atoms with Gasteiger partial charge in [-0.25, -0.2) is 0 Å².